The van der Waals surface area contributed by atoms with E-state index in [1.54, 1.807) is 4.90 Å². The lowest BCUT2D eigenvalue weighted by Gasteiger charge is -2.36. The van der Waals surface area contributed by atoms with Crippen molar-refractivity contribution in [3.05, 3.63) is 0 Å². The van der Waals surface area contributed by atoms with Crippen LogP contribution in [0.3, 0.4) is 0 Å². The Morgan fingerprint density at radius 1 is 1.28 bits per heavy atom. The quantitative estimate of drug-likeness (QED) is 0.632. The highest BCUT2D eigenvalue weighted by molar-refractivity contribution is 6.74. The summed E-state index contributed by atoms with van der Waals surface area (Å²) in [4.78, 5) is 13.5. The van der Waals surface area contributed by atoms with Gasteiger partial charge in [0.25, 0.3) is 0 Å². The zero-order valence-corrected chi connectivity index (χ0v) is 13.2. The minimum absolute atomic E-state index is 0.0687. The summed E-state index contributed by atoms with van der Waals surface area (Å²) in [5, 5.41) is 3.33. The van der Waals surface area contributed by atoms with Crippen LogP contribution >= 0.6 is 0 Å². The first-order valence-electron chi connectivity index (χ1n) is 6.50. The summed E-state index contributed by atoms with van der Waals surface area (Å²) < 4.78 is 11.0. The average molecular weight is 274 g/mol. The second kappa shape index (κ2) is 6.03. The highest BCUT2D eigenvalue weighted by Gasteiger charge is 2.37. The van der Waals surface area contributed by atoms with Gasteiger partial charge in [0.1, 0.15) is 0 Å². The average Bonchev–Trinajstić information content (AvgIpc) is 2.28. The third-order valence-electron chi connectivity index (χ3n) is 3.78. The summed E-state index contributed by atoms with van der Waals surface area (Å²) in [5.41, 5.74) is 0. The van der Waals surface area contributed by atoms with Crippen molar-refractivity contribution >= 4 is 14.4 Å². The number of nitrogens with zero attached hydrogens (tertiary/aromatic N) is 1. The second-order valence-electron chi connectivity index (χ2n) is 6.17. The summed E-state index contributed by atoms with van der Waals surface area (Å²) in [6.45, 7) is 13.9. The molecule has 0 unspecified atom stereocenters. The zero-order chi connectivity index (χ0) is 13.8. The summed E-state index contributed by atoms with van der Waals surface area (Å²) in [5.74, 6) is 0. The van der Waals surface area contributed by atoms with Crippen LogP contribution in [0.1, 0.15) is 20.8 Å². The van der Waals surface area contributed by atoms with Crippen molar-refractivity contribution in [1.29, 1.82) is 0 Å². The molecule has 1 amide bonds. The lowest BCUT2D eigenvalue weighted by atomic mass is 10.2. The molecule has 1 heterocycles. The summed E-state index contributed by atoms with van der Waals surface area (Å²) in [6, 6.07) is 0. The van der Waals surface area contributed by atoms with Crippen molar-refractivity contribution in [2.75, 3.05) is 33.0 Å². The van der Waals surface area contributed by atoms with E-state index in [4.69, 9.17) is 9.16 Å². The minimum atomic E-state index is -1.83. The van der Waals surface area contributed by atoms with E-state index in [0.717, 1.165) is 13.1 Å². The molecule has 0 aromatic rings. The van der Waals surface area contributed by atoms with Gasteiger partial charge in [-0.2, -0.15) is 0 Å². The second-order valence-corrected chi connectivity index (χ2v) is 11.0. The number of carbonyl (C=O) groups excluding carboxylic acids is 1. The van der Waals surface area contributed by atoms with E-state index < -0.39 is 8.32 Å². The molecule has 0 aromatic heterocycles. The third-order valence-corrected chi connectivity index (χ3v) is 8.24. The maximum atomic E-state index is 11.7. The van der Waals surface area contributed by atoms with Gasteiger partial charge in [-0.15, -0.1) is 0 Å². The van der Waals surface area contributed by atoms with Crippen LogP contribution in [0.5, 0.6) is 0 Å². The monoisotopic (exact) mass is 274 g/mol. The molecule has 0 radical (unpaired) electrons. The molecule has 0 bridgehead atoms. The topological polar surface area (TPSA) is 50.8 Å². The smallest absolute Gasteiger partial charge is 0.411 e. The highest BCUT2D eigenvalue weighted by atomic mass is 28.4. The van der Waals surface area contributed by atoms with Gasteiger partial charge in [-0.1, -0.05) is 20.8 Å². The van der Waals surface area contributed by atoms with Crippen LogP contribution in [0.4, 0.5) is 4.79 Å². The summed E-state index contributed by atoms with van der Waals surface area (Å²) in [7, 11) is -1.83. The molecule has 1 aliphatic rings. The fraction of sp³-hybridized carbons (Fsp3) is 0.917. The van der Waals surface area contributed by atoms with Gasteiger partial charge in [-0.25, -0.2) is 4.79 Å². The van der Waals surface area contributed by atoms with E-state index in [-0.39, 0.29) is 17.9 Å². The molecular formula is C12H26N2O3Si. The summed E-state index contributed by atoms with van der Waals surface area (Å²) in [6.07, 6.45) is -0.268. The fourth-order valence-electron chi connectivity index (χ4n) is 1.38. The van der Waals surface area contributed by atoms with Gasteiger partial charge < -0.3 is 19.4 Å². The number of nitrogens with one attached hydrogen (secondary N) is 1. The molecule has 0 aliphatic carbocycles. The Bertz CT molecular complexity index is 284. The van der Waals surface area contributed by atoms with Crippen molar-refractivity contribution < 1.29 is 14.0 Å². The predicted molar refractivity (Wildman–Crippen MR) is 74.1 cm³/mol. The van der Waals surface area contributed by atoms with E-state index in [9.17, 15) is 4.79 Å². The first kappa shape index (κ1) is 15.5. The predicted octanol–water partition coefficient (Wildman–Crippen LogP) is 2.01. The maximum Gasteiger partial charge on any atom is 0.411 e. The number of amides is 1. The van der Waals surface area contributed by atoms with Crippen molar-refractivity contribution in [3.8, 4) is 0 Å². The molecule has 5 nitrogen and oxygen atoms in total. The normalized spacial score (nSPS) is 17.7. The van der Waals surface area contributed by atoms with Crippen LogP contribution in [-0.4, -0.2) is 52.3 Å². The van der Waals surface area contributed by atoms with Crippen LogP contribution in [0.15, 0.2) is 0 Å². The number of hydrogen-bond acceptors (Lipinski definition) is 4. The van der Waals surface area contributed by atoms with Gasteiger partial charge in [0.15, 0.2) is 15.1 Å². The molecule has 6 heteroatoms. The molecule has 1 rings (SSSR count). The molecule has 1 saturated heterocycles. The van der Waals surface area contributed by atoms with Gasteiger partial charge in [0.05, 0.1) is 0 Å². The number of piperazine rings is 1. The molecule has 106 valence electrons. The van der Waals surface area contributed by atoms with E-state index in [2.05, 4.69) is 39.2 Å². The molecule has 0 aromatic carbocycles. The SMILES string of the molecule is CC(C)(C)[Si](C)(C)OCOC(=O)N1CCNCC1. The Hall–Kier alpha value is -0.593. The standard InChI is InChI=1S/C12H26N2O3Si/c1-12(2,3)18(4,5)17-10-16-11(15)14-8-6-13-7-9-14/h13H,6-10H2,1-5H3. The Morgan fingerprint density at radius 2 is 1.83 bits per heavy atom. The Labute approximate surface area is 111 Å². The van der Waals surface area contributed by atoms with Crippen LogP contribution in [0.2, 0.25) is 18.1 Å². The fourth-order valence-corrected chi connectivity index (χ4v) is 2.17. The third kappa shape index (κ3) is 4.26. The van der Waals surface area contributed by atoms with Gasteiger partial charge in [-0.3, -0.25) is 0 Å². The van der Waals surface area contributed by atoms with Crippen molar-refractivity contribution in [3.63, 3.8) is 0 Å². The van der Waals surface area contributed by atoms with Gasteiger partial charge in [0.2, 0.25) is 0 Å². The zero-order valence-electron chi connectivity index (χ0n) is 12.2. The van der Waals surface area contributed by atoms with Gasteiger partial charge in [-0.05, 0) is 18.1 Å². The van der Waals surface area contributed by atoms with Crippen LogP contribution < -0.4 is 5.32 Å². The van der Waals surface area contributed by atoms with Crippen LogP contribution in [0, 0.1) is 0 Å². The molecule has 1 N–H and O–H groups in total. The molecule has 0 spiro atoms. The van der Waals surface area contributed by atoms with Gasteiger partial charge >= 0.3 is 6.09 Å². The molecule has 1 fully saturated rings. The van der Waals surface area contributed by atoms with E-state index in [1.807, 2.05) is 0 Å². The van der Waals surface area contributed by atoms with E-state index >= 15 is 0 Å². The first-order valence-corrected chi connectivity index (χ1v) is 9.41. The Morgan fingerprint density at radius 3 is 2.33 bits per heavy atom. The molecule has 18 heavy (non-hydrogen) atoms. The highest BCUT2D eigenvalue weighted by Crippen LogP contribution is 2.36. The summed E-state index contributed by atoms with van der Waals surface area (Å²) >= 11 is 0. The Balaban J connectivity index is 2.31. The van der Waals surface area contributed by atoms with Crippen LogP contribution in [0.25, 0.3) is 0 Å². The lowest BCUT2D eigenvalue weighted by Crippen LogP contribution is -2.47. The molecule has 1 aliphatic heterocycles. The Kier molecular flexibility index (Phi) is 5.18. The molecule has 0 saturated carbocycles. The van der Waals surface area contributed by atoms with Gasteiger partial charge in [0, 0.05) is 26.2 Å². The number of ether oxygens (including phenoxy) is 1. The maximum absolute atomic E-state index is 11.7. The molecule has 0 atom stereocenters. The molecular weight excluding hydrogens is 248 g/mol. The van der Waals surface area contributed by atoms with E-state index in [1.165, 1.54) is 0 Å². The van der Waals surface area contributed by atoms with Crippen molar-refractivity contribution in [2.45, 2.75) is 38.9 Å². The largest absolute Gasteiger partial charge is 0.423 e. The van der Waals surface area contributed by atoms with Crippen molar-refractivity contribution in [1.82, 2.24) is 10.2 Å². The van der Waals surface area contributed by atoms with E-state index in [0.29, 0.717) is 13.1 Å². The van der Waals surface area contributed by atoms with Crippen LogP contribution in [-0.2, 0) is 9.16 Å². The minimum Gasteiger partial charge on any atom is -0.423 e. The van der Waals surface area contributed by atoms with Crippen molar-refractivity contribution in [2.24, 2.45) is 0 Å². The number of rotatable bonds is 3. The lowest BCUT2D eigenvalue weighted by molar-refractivity contribution is 0.0263. The number of hydrogen-bond donors (Lipinski definition) is 1. The number of carbonyl (C=O) groups is 1. The first-order chi connectivity index (χ1) is 8.24.